The molecule has 3 N–H and O–H groups in total. The molecule has 1 amide bonds. The van der Waals surface area contributed by atoms with E-state index in [-0.39, 0.29) is 36.0 Å². The van der Waals surface area contributed by atoms with Crippen LogP contribution in [0, 0.1) is 11.8 Å². The first kappa shape index (κ1) is 39.6. The van der Waals surface area contributed by atoms with Gasteiger partial charge < -0.3 is 29.7 Å². The standard InChI is InChI=1S/C51H60N8O/c1-8-48(60)56-49(32(4)5)34(7)58-23-13-17-45(58)51-53-30-42(55-51)37-19-21-43-39(26-37)28-47-40-20-18-36(25-38(40)27-46(59(43)47)35-14-10-9-11-15-35)41-29-52-50(54-41)44-16-12-22-57(44)33(6)24-31(2)3/h9-11,14-15,18-21,25-26,28-32,44-46,49H,6-8,12-13,16-17,22-24,27H2,1-5H3,(H,52,54)(H,53,55)(H,56,60)/t44?,45-,46?,49?/m0/s1. The average molecular weight is 801 g/mol. The molecule has 2 saturated heterocycles. The molecule has 4 atom stereocenters. The number of fused-ring (bicyclic) bond motifs is 5. The highest BCUT2D eigenvalue weighted by atomic mass is 16.1. The average Bonchev–Trinajstić information content (AvgIpc) is 4.10. The van der Waals surface area contributed by atoms with Crippen molar-refractivity contribution < 1.29 is 4.79 Å². The van der Waals surface area contributed by atoms with E-state index in [2.05, 4.69) is 143 Å². The van der Waals surface area contributed by atoms with E-state index in [4.69, 9.17) is 9.97 Å². The summed E-state index contributed by atoms with van der Waals surface area (Å²) in [7, 11) is 0. The van der Waals surface area contributed by atoms with Crippen LogP contribution >= 0.6 is 0 Å². The number of hydrogen-bond acceptors (Lipinski definition) is 5. The Kier molecular flexibility index (Phi) is 10.8. The Hall–Kier alpha value is -5.83. The molecule has 6 aromatic rings. The maximum Gasteiger partial charge on any atom is 0.220 e. The second-order valence-electron chi connectivity index (χ2n) is 18.0. The number of allylic oxidation sites excluding steroid dienone is 1. The largest absolute Gasteiger partial charge is 0.365 e. The first-order valence-electron chi connectivity index (χ1n) is 22.2. The predicted molar refractivity (Wildman–Crippen MR) is 243 cm³/mol. The monoisotopic (exact) mass is 800 g/mol. The minimum Gasteiger partial charge on any atom is -0.365 e. The summed E-state index contributed by atoms with van der Waals surface area (Å²) in [5.74, 6) is 2.85. The highest BCUT2D eigenvalue weighted by Crippen LogP contribution is 2.44. The number of nitrogens with one attached hydrogen (secondary N) is 3. The molecule has 3 aromatic heterocycles. The number of likely N-dealkylation sites (tertiary alicyclic amines) is 2. The lowest BCUT2D eigenvalue weighted by molar-refractivity contribution is -0.121. The fourth-order valence-electron chi connectivity index (χ4n) is 10.2. The van der Waals surface area contributed by atoms with Crippen molar-refractivity contribution in [2.45, 2.75) is 104 Å². The molecular formula is C51H60N8O. The molecule has 9 heteroatoms. The molecule has 3 unspecified atom stereocenters. The second-order valence-corrected chi connectivity index (χ2v) is 18.0. The lowest BCUT2D eigenvalue weighted by Crippen LogP contribution is -2.44. The summed E-state index contributed by atoms with van der Waals surface area (Å²) in [6, 6.07) is 27.5. The Labute approximate surface area is 355 Å². The van der Waals surface area contributed by atoms with Gasteiger partial charge in [0.1, 0.15) is 11.6 Å². The van der Waals surface area contributed by atoms with Crippen LogP contribution in [0.15, 0.2) is 110 Å². The van der Waals surface area contributed by atoms with Crippen LogP contribution < -0.4 is 5.32 Å². The van der Waals surface area contributed by atoms with Crippen molar-refractivity contribution in [3.05, 3.63) is 133 Å². The highest BCUT2D eigenvalue weighted by Gasteiger charge is 2.34. The molecule has 0 saturated carbocycles. The van der Waals surface area contributed by atoms with Crippen LogP contribution in [-0.2, 0) is 11.2 Å². The van der Waals surface area contributed by atoms with Gasteiger partial charge in [-0.25, -0.2) is 9.97 Å². The van der Waals surface area contributed by atoms with E-state index in [1.54, 1.807) is 0 Å². The smallest absolute Gasteiger partial charge is 0.220 e. The quantitative estimate of drug-likeness (QED) is 0.108. The van der Waals surface area contributed by atoms with Crippen molar-refractivity contribution in [1.82, 2.24) is 39.6 Å². The number of carbonyl (C=O) groups excluding carboxylic acids is 1. The van der Waals surface area contributed by atoms with Crippen LogP contribution in [0.3, 0.4) is 0 Å². The third-order valence-corrected chi connectivity index (χ3v) is 13.2. The molecule has 9 rings (SSSR count). The van der Waals surface area contributed by atoms with Gasteiger partial charge in [-0.05, 0) is 91.3 Å². The molecule has 3 aromatic carbocycles. The molecule has 0 spiro atoms. The van der Waals surface area contributed by atoms with E-state index in [0.29, 0.717) is 12.3 Å². The maximum absolute atomic E-state index is 12.4. The van der Waals surface area contributed by atoms with E-state index in [0.717, 1.165) is 85.9 Å². The van der Waals surface area contributed by atoms with Crippen LogP contribution in [0.25, 0.3) is 44.7 Å². The van der Waals surface area contributed by atoms with Gasteiger partial charge in [0.05, 0.1) is 47.9 Å². The van der Waals surface area contributed by atoms with Gasteiger partial charge >= 0.3 is 0 Å². The topological polar surface area (TPSA) is 97.9 Å². The summed E-state index contributed by atoms with van der Waals surface area (Å²) in [6.07, 6.45) is 10.6. The zero-order valence-electron chi connectivity index (χ0n) is 36.0. The van der Waals surface area contributed by atoms with Gasteiger partial charge in [-0.3, -0.25) is 4.79 Å². The molecule has 0 radical (unpaired) electrons. The molecule has 6 heterocycles. The summed E-state index contributed by atoms with van der Waals surface area (Å²) in [6.45, 7) is 21.6. The third kappa shape index (κ3) is 7.37. The van der Waals surface area contributed by atoms with Crippen LogP contribution in [0.4, 0.5) is 0 Å². The fourth-order valence-corrected chi connectivity index (χ4v) is 10.2. The number of aromatic amines is 2. The molecule has 3 aliphatic rings. The van der Waals surface area contributed by atoms with E-state index >= 15 is 0 Å². The highest BCUT2D eigenvalue weighted by molar-refractivity contribution is 5.92. The normalized spacial score (nSPS) is 19.3. The minimum atomic E-state index is -0.112. The summed E-state index contributed by atoms with van der Waals surface area (Å²) < 4.78 is 2.55. The zero-order valence-corrected chi connectivity index (χ0v) is 36.0. The number of amides is 1. The van der Waals surface area contributed by atoms with Gasteiger partial charge in [0.25, 0.3) is 0 Å². The molecule has 2 fully saturated rings. The second kappa shape index (κ2) is 16.3. The first-order chi connectivity index (χ1) is 29.1. The number of hydrogen-bond donors (Lipinski definition) is 3. The maximum atomic E-state index is 12.4. The molecule has 60 heavy (non-hydrogen) atoms. The van der Waals surface area contributed by atoms with Gasteiger partial charge in [-0.2, -0.15) is 0 Å². The van der Waals surface area contributed by atoms with Gasteiger partial charge in [-0.1, -0.05) is 96.3 Å². The summed E-state index contributed by atoms with van der Waals surface area (Å²) in [5.41, 5.74) is 12.9. The lowest BCUT2D eigenvalue weighted by atomic mass is 9.88. The Morgan fingerprint density at radius 2 is 1.47 bits per heavy atom. The van der Waals surface area contributed by atoms with Crippen molar-refractivity contribution in [3.63, 3.8) is 0 Å². The molecule has 3 aliphatic heterocycles. The van der Waals surface area contributed by atoms with Crippen molar-refractivity contribution in [2.75, 3.05) is 13.1 Å². The van der Waals surface area contributed by atoms with E-state index in [1.165, 1.54) is 44.5 Å². The van der Waals surface area contributed by atoms with E-state index < -0.39 is 0 Å². The van der Waals surface area contributed by atoms with E-state index in [9.17, 15) is 4.79 Å². The molecule has 0 bridgehead atoms. The van der Waals surface area contributed by atoms with Crippen molar-refractivity contribution in [3.8, 4) is 33.8 Å². The van der Waals surface area contributed by atoms with Gasteiger partial charge in [0, 0.05) is 58.6 Å². The number of rotatable bonds is 13. The fraction of sp³-hybridized carbons (Fsp3) is 0.392. The summed E-state index contributed by atoms with van der Waals surface area (Å²) >= 11 is 0. The van der Waals surface area contributed by atoms with Gasteiger partial charge in [0.15, 0.2) is 0 Å². The van der Waals surface area contributed by atoms with Crippen LogP contribution in [-0.4, -0.2) is 59.3 Å². The number of benzene rings is 3. The predicted octanol–water partition coefficient (Wildman–Crippen LogP) is 11.1. The van der Waals surface area contributed by atoms with E-state index in [1.807, 2.05) is 19.3 Å². The van der Waals surface area contributed by atoms with Crippen molar-refractivity contribution in [2.24, 2.45) is 11.8 Å². The molecule has 9 nitrogen and oxygen atoms in total. The summed E-state index contributed by atoms with van der Waals surface area (Å²) in [5, 5.41) is 4.42. The Bertz CT molecular complexity index is 2540. The van der Waals surface area contributed by atoms with Crippen molar-refractivity contribution in [1.29, 1.82) is 0 Å². The first-order valence-corrected chi connectivity index (χ1v) is 22.2. The number of H-pyrrole nitrogens is 2. The number of nitrogens with zero attached hydrogens (tertiary/aromatic N) is 5. The lowest BCUT2D eigenvalue weighted by Gasteiger charge is -2.34. The van der Waals surface area contributed by atoms with Gasteiger partial charge in [-0.15, -0.1) is 0 Å². The van der Waals surface area contributed by atoms with Crippen LogP contribution in [0.2, 0.25) is 0 Å². The number of imidazole rings is 2. The number of carbonyl (C=O) groups is 1. The van der Waals surface area contributed by atoms with Gasteiger partial charge in [0.2, 0.25) is 5.91 Å². The summed E-state index contributed by atoms with van der Waals surface area (Å²) in [4.78, 5) is 34.6. The zero-order chi connectivity index (χ0) is 41.7. The SMILES string of the molecule is C=C(CC(C)C)N1CCCC1c1ncc(-c2ccc3c(c2)CC(c2ccccc2)n2c-3cc3cc(-c4cnc([C@@H]5CCCN5C(=C)C(NC(=O)CC)C(C)C)[nH]4)ccc32)[nH]1. The minimum absolute atomic E-state index is 0.0514. The Morgan fingerprint density at radius 1 is 0.817 bits per heavy atom. The molecule has 0 aliphatic carbocycles. The van der Waals surface area contributed by atoms with Crippen LogP contribution in [0.1, 0.15) is 114 Å². The Balaban J connectivity index is 1.02. The van der Waals surface area contributed by atoms with Crippen LogP contribution in [0.5, 0.6) is 0 Å². The van der Waals surface area contributed by atoms with Crippen molar-refractivity contribution >= 4 is 16.8 Å². The third-order valence-electron chi connectivity index (χ3n) is 13.2. The molecule has 310 valence electrons. The number of aromatic nitrogens is 5. The molecular weight excluding hydrogens is 741 g/mol. The Morgan fingerprint density at radius 3 is 2.13 bits per heavy atom.